The van der Waals surface area contributed by atoms with Crippen molar-refractivity contribution in [3.05, 3.63) is 29.8 Å². The maximum atomic E-state index is 14.2. The highest BCUT2D eigenvalue weighted by Crippen LogP contribution is 2.43. The molecular formula is C14H17FO2. The molecule has 0 aromatic heterocycles. The Hall–Kier alpha value is -1.38. The fourth-order valence-corrected chi connectivity index (χ4v) is 2.68. The third kappa shape index (κ3) is 1.94. The molecule has 0 aliphatic heterocycles. The van der Waals surface area contributed by atoms with Crippen molar-refractivity contribution < 1.29 is 13.9 Å². The summed E-state index contributed by atoms with van der Waals surface area (Å²) in [4.78, 5) is 11.5. The van der Waals surface area contributed by atoms with Crippen LogP contribution in [0.5, 0.6) is 5.75 Å². The number of benzene rings is 1. The predicted molar refractivity (Wildman–Crippen MR) is 64.1 cm³/mol. The summed E-state index contributed by atoms with van der Waals surface area (Å²) in [6.07, 6.45) is 2.43. The standard InChI is InChI=1S/C14H17FO2/c1-17-12-7-3-2-6-11(12)14(10-16)9-5-4-8-13(14)15/h2-3,6-7,10,13H,4-5,8-9H2,1H3/t13-,14-/m0/s1. The van der Waals surface area contributed by atoms with E-state index < -0.39 is 11.6 Å². The number of alkyl halides is 1. The quantitative estimate of drug-likeness (QED) is 0.754. The summed E-state index contributed by atoms with van der Waals surface area (Å²) in [5.41, 5.74) is -0.324. The Balaban J connectivity index is 2.49. The van der Waals surface area contributed by atoms with E-state index in [1.165, 1.54) is 0 Å². The van der Waals surface area contributed by atoms with Crippen LogP contribution < -0.4 is 4.74 Å². The van der Waals surface area contributed by atoms with Crippen LogP contribution in [0.3, 0.4) is 0 Å². The minimum Gasteiger partial charge on any atom is -0.496 e. The first-order valence-corrected chi connectivity index (χ1v) is 5.98. The van der Waals surface area contributed by atoms with E-state index in [-0.39, 0.29) is 0 Å². The number of carbonyl (C=O) groups is 1. The first-order valence-electron chi connectivity index (χ1n) is 5.98. The van der Waals surface area contributed by atoms with Crippen LogP contribution in [0.25, 0.3) is 0 Å². The molecule has 0 spiro atoms. The lowest BCUT2D eigenvalue weighted by Crippen LogP contribution is -2.41. The second-order valence-electron chi connectivity index (χ2n) is 4.57. The summed E-state index contributed by atoms with van der Waals surface area (Å²) in [7, 11) is 1.55. The molecule has 0 heterocycles. The van der Waals surface area contributed by atoms with Gasteiger partial charge in [-0.15, -0.1) is 0 Å². The maximum Gasteiger partial charge on any atom is 0.133 e. The van der Waals surface area contributed by atoms with E-state index in [4.69, 9.17) is 4.74 Å². The van der Waals surface area contributed by atoms with E-state index in [1.54, 1.807) is 19.2 Å². The van der Waals surface area contributed by atoms with Gasteiger partial charge in [0.25, 0.3) is 0 Å². The Morgan fingerprint density at radius 2 is 2.18 bits per heavy atom. The van der Waals surface area contributed by atoms with Gasteiger partial charge in [0.05, 0.1) is 12.5 Å². The average molecular weight is 236 g/mol. The molecule has 1 fully saturated rings. The number of hydrogen-bond donors (Lipinski definition) is 0. The third-order valence-corrected chi connectivity index (χ3v) is 3.68. The van der Waals surface area contributed by atoms with Crippen LogP contribution >= 0.6 is 0 Å². The van der Waals surface area contributed by atoms with Crippen molar-refractivity contribution in [2.45, 2.75) is 37.3 Å². The van der Waals surface area contributed by atoms with E-state index in [1.807, 2.05) is 12.1 Å². The smallest absolute Gasteiger partial charge is 0.133 e. The van der Waals surface area contributed by atoms with Gasteiger partial charge in [0.15, 0.2) is 0 Å². The van der Waals surface area contributed by atoms with Gasteiger partial charge < -0.3 is 9.53 Å². The van der Waals surface area contributed by atoms with E-state index in [0.29, 0.717) is 24.2 Å². The molecule has 1 aliphatic carbocycles. The molecule has 2 nitrogen and oxygen atoms in total. The molecule has 17 heavy (non-hydrogen) atoms. The van der Waals surface area contributed by atoms with Crippen molar-refractivity contribution >= 4 is 6.29 Å². The second-order valence-corrected chi connectivity index (χ2v) is 4.57. The number of hydrogen-bond acceptors (Lipinski definition) is 2. The average Bonchev–Trinajstić information content (AvgIpc) is 2.40. The van der Waals surface area contributed by atoms with Crippen molar-refractivity contribution in [3.8, 4) is 5.75 Å². The van der Waals surface area contributed by atoms with Gasteiger partial charge in [-0.2, -0.15) is 0 Å². The molecule has 3 heteroatoms. The molecule has 0 saturated heterocycles. The van der Waals surface area contributed by atoms with E-state index in [2.05, 4.69) is 0 Å². The summed E-state index contributed by atoms with van der Waals surface area (Å²) in [6.45, 7) is 0. The highest BCUT2D eigenvalue weighted by atomic mass is 19.1. The molecule has 1 saturated carbocycles. The number of ether oxygens (including phenoxy) is 1. The second kappa shape index (κ2) is 4.86. The molecule has 1 aromatic rings. The van der Waals surface area contributed by atoms with Crippen molar-refractivity contribution in [2.24, 2.45) is 0 Å². The highest BCUT2D eigenvalue weighted by molar-refractivity contribution is 5.72. The number of para-hydroxylation sites is 1. The molecule has 92 valence electrons. The molecule has 0 unspecified atom stereocenters. The van der Waals surface area contributed by atoms with Gasteiger partial charge >= 0.3 is 0 Å². The van der Waals surface area contributed by atoms with Gasteiger partial charge in [-0.1, -0.05) is 31.0 Å². The van der Waals surface area contributed by atoms with Gasteiger partial charge in [-0.3, -0.25) is 0 Å². The van der Waals surface area contributed by atoms with Crippen molar-refractivity contribution in [3.63, 3.8) is 0 Å². The molecule has 2 rings (SSSR count). The first-order chi connectivity index (χ1) is 8.24. The van der Waals surface area contributed by atoms with Crippen LogP contribution in [-0.4, -0.2) is 19.6 Å². The fourth-order valence-electron chi connectivity index (χ4n) is 2.68. The summed E-state index contributed by atoms with van der Waals surface area (Å²) < 4.78 is 19.5. The SMILES string of the molecule is COc1ccccc1[C@@]1(C=O)CCCC[C@@H]1F. The first kappa shape index (κ1) is 12.1. The lowest BCUT2D eigenvalue weighted by Gasteiger charge is -2.36. The van der Waals surface area contributed by atoms with Gasteiger partial charge in [-0.25, -0.2) is 4.39 Å². The fraction of sp³-hybridized carbons (Fsp3) is 0.500. The van der Waals surface area contributed by atoms with Crippen molar-refractivity contribution in [1.82, 2.24) is 0 Å². The van der Waals surface area contributed by atoms with Gasteiger partial charge in [0.2, 0.25) is 0 Å². The Kier molecular flexibility index (Phi) is 3.46. The van der Waals surface area contributed by atoms with Crippen LogP contribution in [-0.2, 0) is 10.2 Å². The molecule has 1 aliphatic rings. The van der Waals surface area contributed by atoms with Crippen LogP contribution in [0.4, 0.5) is 4.39 Å². The molecular weight excluding hydrogens is 219 g/mol. The Bertz CT molecular complexity index is 405. The molecule has 2 atom stereocenters. The van der Waals surface area contributed by atoms with Crippen LogP contribution in [0, 0.1) is 0 Å². The van der Waals surface area contributed by atoms with Crippen LogP contribution in [0.2, 0.25) is 0 Å². The number of aldehydes is 1. The molecule has 1 aromatic carbocycles. The largest absolute Gasteiger partial charge is 0.496 e. The lowest BCUT2D eigenvalue weighted by atomic mass is 9.69. The van der Waals surface area contributed by atoms with Crippen molar-refractivity contribution in [2.75, 3.05) is 7.11 Å². The Morgan fingerprint density at radius 3 is 2.82 bits per heavy atom. The summed E-state index contributed by atoms with van der Waals surface area (Å²) in [5, 5.41) is 0. The van der Waals surface area contributed by atoms with E-state index in [0.717, 1.165) is 19.1 Å². The van der Waals surface area contributed by atoms with Gasteiger partial charge in [-0.05, 0) is 18.9 Å². The monoisotopic (exact) mass is 236 g/mol. The molecule has 0 amide bonds. The summed E-state index contributed by atoms with van der Waals surface area (Å²) in [6, 6.07) is 7.23. The third-order valence-electron chi connectivity index (χ3n) is 3.68. The zero-order chi connectivity index (χ0) is 12.3. The number of carbonyl (C=O) groups excluding carboxylic acids is 1. The topological polar surface area (TPSA) is 26.3 Å². The molecule has 0 N–H and O–H groups in total. The molecule has 0 bridgehead atoms. The zero-order valence-corrected chi connectivity index (χ0v) is 9.99. The number of halogens is 1. The van der Waals surface area contributed by atoms with Crippen LogP contribution in [0.1, 0.15) is 31.2 Å². The van der Waals surface area contributed by atoms with E-state index in [9.17, 15) is 9.18 Å². The van der Waals surface area contributed by atoms with Crippen molar-refractivity contribution in [1.29, 1.82) is 0 Å². The predicted octanol–water partition coefficient (Wildman–Crippen LogP) is 3.04. The normalized spacial score (nSPS) is 28.7. The van der Waals surface area contributed by atoms with Gasteiger partial charge in [0.1, 0.15) is 18.2 Å². The van der Waals surface area contributed by atoms with Crippen LogP contribution in [0.15, 0.2) is 24.3 Å². The minimum absolute atomic E-state index is 0.455. The summed E-state index contributed by atoms with van der Waals surface area (Å²) >= 11 is 0. The zero-order valence-electron chi connectivity index (χ0n) is 9.99. The van der Waals surface area contributed by atoms with E-state index >= 15 is 0 Å². The number of methoxy groups -OCH3 is 1. The number of rotatable bonds is 3. The minimum atomic E-state index is -1.11. The maximum absolute atomic E-state index is 14.2. The van der Waals surface area contributed by atoms with Gasteiger partial charge in [0, 0.05) is 5.56 Å². The molecule has 0 radical (unpaired) electrons. The highest BCUT2D eigenvalue weighted by Gasteiger charge is 2.44. The lowest BCUT2D eigenvalue weighted by molar-refractivity contribution is -0.116. The Morgan fingerprint density at radius 1 is 1.41 bits per heavy atom. The Labute approximate surface area is 101 Å². The summed E-state index contributed by atoms with van der Waals surface area (Å²) in [5.74, 6) is 0.601.